The van der Waals surface area contributed by atoms with Crippen LogP contribution >= 0.6 is 0 Å². The van der Waals surface area contributed by atoms with Crippen molar-refractivity contribution in [1.29, 1.82) is 0 Å². The van der Waals surface area contributed by atoms with Gasteiger partial charge < -0.3 is 14.7 Å². The molecular formula is C10H19NO3. The smallest absolute Gasteiger partial charge is 0.224 e. The second-order valence-electron chi connectivity index (χ2n) is 4.13. The van der Waals surface area contributed by atoms with Crippen LogP contribution in [0.5, 0.6) is 0 Å². The van der Waals surface area contributed by atoms with Gasteiger partial charge in [0.1, 0.15) is 0 Å². The summed E-state index contributed by atoms with van der Waals surface area (Å²) in [7, 11) is 0. The van der Waals surface area contributed by atoms with Gasteiger partial charge in [-0.25, -0.2) is 0 Å². The first-order valence-corrected chi connectivity index (χ1v) is 5.13. The van der Waals surface area contributed by atoms with Crippen molar-refractivity contribution in [3.05, 3.63) is 0 Å². The van der Waals surface area contributed by atoms with Gasteiger partial charge in [-0.1, -0.05) is 0 Å². The second-order valence-corrected chi connectivity index (χ2v) is 4.13. The lowest BCUT2D eigenvalue weighted by Gasteiger charge is -2.19. The first kappa shape index (κ1) is 11.5. The molecule has 0 bridgehead atoms. The summed E-state index contributed by atoms with van der Waals surface area (Å²) < 4.78 is 5.07. The van der Waals surface area contributed by atoms with Crippen molar-refractivity contribution in [3.8, 4) is 0 Å². The van der Waals surface area contributed by atoms with Gasteiger partial charge in [-0.05, 0) is 26.7 Å². The Bertz CT molecular complexity index is 192. The lowest BCUT2D eigenvalue weighted by atomic mass is 10.3. The zero-order valence-corrected chi connectivity index (χ0v) is 8.95. The van der Waals surface area contributed by atoms with E-state index in [1.54, 1.807) is 13.8 Å². The van der Waals surface area contributed by atoms with Crippen molar-refractivity contribution in [2.24, 2.45) is 0 Å². The summed E-state index contributed by atoms with van der Waals surface area (Å²) in [5.74, 6) is -1.00. The molecule has 0 unspecified atom stereocenters. The minimum Gasteiger partial charge on any atom is -0.366 e. The fraction of sp³-hybridized carbons (Fsp3) is 0.900. The van der Waals surface area contributed by atoms with E-state index in [0.29, 0.717) is 13.0 Å². The maximum Gasteiger partial charge on any atom is 0.224 e. The van der Waals surface area contributed by atoms with Crippen LogP contribution in [0, 0.1) is 0 Å². The number of nitrogens with zero attached hydrogens (tertiary/aromatic N) is 1. The second kappa shape index (κ2) is 4.75. The third-order valence-corrected chi connectivity index (χ3v) is 2.23. The topological polar surface area (TPSA) is 49.8 Å². The highest BCUT2D eigenvalue weighted by Gasteiger charge is 2.19. The molecule has 1 aliphatic heterocycles. The molecule has 14 heavy (non-hydrogen) atoms. The number of carbonyl (C=O) groups is 1. The van der Waals surface area contributed by atoms with Crippen LogP contribution in [0.15, 0.2) is 0 Å². The van der Waals surface area contributed by atoms with Gasteiger partial charge in [0.25, 0.3) is 0 Å². The average Bonchev–Trinajstić information content (AvgIpc) is 2.53. The van der Waals surface area contributed by atoms with Crippen LogP contribution in [0.4, 0.5) is 0 Å². The maximum absolute atomic E-state index is 11.5. The molecule has 82 valence electrons. The molecule has 1 saturated heterocycles. The first-order valence-electron chi connectivity index (χ1n) is 5.13. The minimum atomic E-state index is -1.13. The van der Waals surface area contributed by atoms with Gasteiger partial charge in [0.05, 0.1) is 13.0 Å². The summed E-state index contributed by atoms with van der Waals surface area (Å²) >= 11 is 0. The summed E-state index contributed by atoms with van der Waals surface area (Å²) in [5, 5.41) is 9.25. The molecular weight excluding hydrogens is 182 g/mol. The Morgan fingerprint density at radius 2 is 2.00 bits per heavy atom. The number of rotatable bonds is 4. The lowest BCUT2D eigenvalue weighted by Crippen LogP contribution is -2.30. The summed E-state index contributed by atoms with van der Waals surface area (Å²) in [4.78, 5) is 13.4. The third kappa shape index (κ3) is 4.07. The Morgan fingerprint density at radius 1 is 1.43 bits per heavy atom. The van der Waals surface area contributed by atoms with Gasteiger partial charge in [0, 0.05) is 13.1 Å². The molecule has 0 aliphatic carbocycles. The maximum atomic E-state index is 11.5. The molecule has 0 aromatic carbocycles. The molecule has 0 radical (unpaired) electrons. The molecule has 0 saturated carbocycles. The zero-order valence-electron chi connectivity index (χ0n) is 8.95. The van der Waals surface area contributed by atoms with Gasteiger partial charge in [-0.15, -0.1) is 0 Å². The van der Waals surface area contributed by atoms with E-state index in [9.17, 15) is 9.90 Å². The molecule has 1 aliphatic rings. The number of carbonyl (C=O) groups excluding carboxylic acids is 1. The standard InChI is InChI=1S/C10H19NO3/c1-10(2,13)14-8-5-9(12)11-6-3-4-7-11/h13H,3-8H2,1-2H3. The van der Waals surface area contributed by atoms with Crippen LogP contribution in [-0.4, -0.2) is 41.4 Å². The van der Waals surface area contributed by atoms with Gasteiger partial charge in [-0.2, -0.15) is 0 Å². The van der Waals surface area contributed by atoms with Gasteiger partial charge in [0.15, 0.2) is 5.79 Å². The van der Waals surface area contributed by atoms with E-state index >= 15 is 0 Å². The summed E-state index contributed by atoms with van der Waals surface area (Å²) in [6, 6.07) is 0. The summed E-state index contributed by atoms with van der Waals surface area (Å²) in [6.45, 7) is 5.17. The quantitative estimate of drug-likeness (QED) is 0.683. The molecule has 1 N–H and O–H groups in total. The van der Waals surface area contributed by atoms with Crippen LogP contribution < -0.4 is 0 Å². The first-order chi connectivity index (χ1) is 6.49. The number of ether oxygens (including phenoxy) is 1. The van der Waals surface area contributed by atoms with Crippen LogP contribution in [-0.2, 0) is 9.53 Å². The molecule has 0 spiro atoms. The van der Waals surface area contributed by atoms with E-state index in [2.05, 4.69) is 0 Å². The van der Waals surface area contributed by atoms with E-state index < -0.39 is 5.79 Å². The number of aliphatic hydroxyl groups is 1. The molecule has 1 rings (SSSR count). The molecule has 0 aromatic heterocycles. The number of likely N-dealkylation sites (tertiary alicyclic amines) is 1. The lowest BCUT2D eigenvalue weighted by molar-refractivity contribution is -0.178. The van der Waals surface area contributed by atoms with Crippen molar-refractivity contribution in [3.63, 3.8) is 0 Å². The number of hydrogen-bond donors (Lipinski definition) is 1. The fourth-order valence-corrected chi connectivity index (χ4v) is 1.51. The van der Waals surface area contributed by atoms with Crippen molar-refractivity contribution in [2.75, 3.05) is 19.7 Å². The monoisotopic (exact) mass is 201 g/mol. The van der Waals surface area contributed by atoms with Crippen molar-refractivity contribution in [1.82, 2.24) is 4.90 Å². The van der Waals surface area contributed by atoms with Crippen LogP contribution in [0.1, 0.15) is 33.1 Å². The SMILES string of the molecule is CC(C)(O)OCCC(=O)N1CCCC1. The van der Waals surface area contributed by atoms with Crippen LogP contribution in [0.3, 0.4) is 0 Å². The van der Waals surface area contributed by atoms with Crippen molar-refractivity contribution in [2.45, 2.75) is 38.9 Å². The Morgan fingerprint density at radius 3 is 2.50 bits per heavy atom. The van der Waals surface area contributed by atoms with Crippen LogP contribution in [0.25, 0.3) is 0 Å². The van der Waals surface area contributed by atoms with Crippen LogP contribution in [0.2, 0.25) is 0 Å². The van der Waals surface area contributed by atoms with Gasteiger partial charge >= 0.3 is 0 Å². The Hall–Kier alpha value is -0.610. The molecule has 4 nitrogen and oxygen atoms in total. The Labute approximate surface area is 84.8 Å². The Kier molecular flexibility index (Phi) is 3.89. The highest BCUT2D eigenvalue weighted by atomic mass is 16.6. The molecule has 1 fully saturated rings. The van der Waals surface area contributed by atoms with E-state index in [0.717, 1.165) is 25.9 Å². The minimum absolute atomic E-state index is 0.131. The van der Waals surface area contributed by atoms with E-state index in [1.807, 2.05) is 4.90 Å². The normalized spacial score (nSPS) is 17.5. The predicted molar refractivity (Wildman–Crippen MR) is 52.7 cm³/mol. The van der Waals surface area contributed by atoms with E-state index in [-0.39, 0.29) is 5.91 Å². The summed E-state index contributed by atoms with van der Waals surface area (Å²) in [6.07, 6.45) is 2.58. The highest BCUT2D eigenvalue weighted by Crippen LogP contribution is 2.10. The number of hydrogen-bond acceptors (Lipinski definition) is 3. The van der Waals surface area contributed by atoms with Crippen molar-refractivity contribution >= 4 is 5.91 Å². The number of amides is 1. The van der Waals surface area contributed by atoms with E-state index in [4.69, 9.17) is 4.74 Å². The third-order valence-electron chi connectivity index (χ3n) is 2.23. The average molecular weight is 201 g/mol. The summed E-state index contributed by atoms with van der Waals surface area (Å²) in [5.41, 5.74) is 0. The molecule has 0 aromatic rings. The molecule has 0 atom stereocenters. The largest absolute Gasteiger partial charge is 0.366 e. The molecule has 4 heteroatoms. The zero-order chi connectivity index (χ0) is 10.6. The molecule has 1 heterocycles. The van der Waals surface area contributed by atoms with Crippen molar-refractivity contribution < 1.29 is 14.6 Å². The fourth-order valence-electron chi connectivity index (χ4n) is 1.51. The molecule has 1 amide bonds. The Balaban J connectivity index is 2.15. The predicted octanol–water partition coefficient (Wildman–Crippen LogP) is 0.744. The van der Waals surface area contributed by atoms with Gasteiger partial charge in [0.2, 0.25) is 5.91 Å². The van der Waals surface area contributed by atoms with E-state index in [1.165, 1.54) is 0 Å². The van der Waals surface area contributed by atoms with Gasteiger partial charge in [-0.3, -0.25) is 4.79 Å². The highest BCUT2D eigenvalue weighted by molar-refractivity contribution is 5.76.